The van der Waals surface area contributed by atoms with Crippen LogP contribution in [-0.2, 0) is 0 Å². The zero-order valence-electron chi connectivity index (χ0n) is 8.17. The number of nitrogens with zero attached hydrogens (tertiary/aromatic N) is 2. The third-order valence-corrected chi connectivity index (χ3v) is 2.49. The number of hydrogen-bond acceptors (Lipinski definition) is 1. The average Bonchev–Trinajstić information content (AvgIpc) is 2.77. The summed E-state index contributed by atoms with van der Waals surface area (Å²) in [6.07, 6.45) is 3.84. The van der Waals surface area contributed by atoms with Crippen molar-refractivity contribution in [1.82, 2.24) is 9.61 Å². The Kier molecular flexibility index (Phi) is 1.78. The summed E-state index contributed by atoms with van der Waals surface area (Å²) in [5, 5.41) is 4.33. The van der Waals surface area contributed by atoms with Gasteiger partial charge in [-0.25, -0.2) is 4.52 Å². The van der Waals surface area contributed by atoms with E-state index in [1.54, 1.807) is 0 Å². The van der Waals surface area contributed by atoms with Gasteiger partial charge in [0.1, 0.15) is 0 Å². The van der Waals surface area contributed by atoms with E-state index in [0.29, 0.717) is 0 Å². The van der Waals surface area contributed by atoms with E-state index >= 15 is 0 Å². The molecule has 0 spiro atoms. The number of rotatable bonds is 1. The molecule has 3 aromatic rings. The van der Waals surface area contributed by atoms with Crippen molar-refractivity contribution in [2.45, 2.75) is 0 Å². The summed E-state index contributed by atoms with van der Waals surface area (Å²) in [6.45, 7) is 0. The van der Waals surface area contributed by atoms with Gasteiger partial charge in [-0.15, -0.1) is 0 Å². The highest BCUT2D eigenvalue weighted by Crippen LogP contribution is 2.19. The molecule has 1 aromatic carbocycles. The second-order valence-corrected chi connectivity index (χ2v) is 3.49. The molecule has 0 saturated heterocycles. The topological polar surface area (TPSA) is 17.3 Å². The quantitative estimate of drug-likeness (QED) is 0.582. The van der Waals surface area contributed by atoms with Crippen LogP contribution in [0.15, 0.2) is 60.9 Å². The van der Waals surface area contributed by atoms with Gasteiger partial charge in [0.25, 0.3) is 0 Å². The van der Waals surface area contributed by atoms with Gasteiger partial charge in [0.2, 0.25) is 0 Å². The Morgan fingerprint density at radius 2 is 1.73 bits per heavy atom. The summed E-state index contributed by atoms with van der Waals surface area (Å²) in [6, 6.07) is 16.5. The maximum atomic E-state index is 4.33. The van der Waals surface area contributed by atoms with Crippen molar-refractivity contribution >= 4 is 5.52 Å². The largest absolute Gasteiger partial charge is 0.241 e. The molecule has 0 amide bonds. The van der Waals surface area contributed by atoms with Crippen molar-refractivity contribution in [2.75, 3.05) is 0 Å². The van der Waals surface area contributed by atoms with Gasteiger partial charge in [-0.1, -0.05) is 30.3 Å². The van der Waals surface area contributed by atoms with E-state index in [1.807, 2.05) is 41.2 Å². The Bertz CT molecular complexity index is 582. The van der Waals surface area contributed by atoms with Crippen LogP contribution in [0.1, 0.15) is 0 Å². The summed E-state index contributed by atoms with van der Waals surface area (Å²) in [5.41, 5.74) is 3.48. The maximum Gasteiger partial charge on any atom is 0.0652 e. The Labute approximate surface area is 87.8 Å². The van der Waals surface area contributed by atoms with Crippen molar-refractivity contribution in [3.05, 3.63) is 60.9 Å². The van der Waals surface area contributed by atoms with Crippen LogP contribution in [0.4, 0.5) is 0 Å². The normalized spacial score (nSPS) is 10.7. The molecule has 3 rings (SSSR count). The molecule has 0 aliphatic rings. The minimum absolute atomic E-state index is 1.12. The first-order chi connectivity index (χ1) is 7.43. The molecule has 0 radical (unpaired) electrons. The van der Waals surface area contributed by atoms with E-state index < -0.39 is 0 Å². The Hall–Kier alpha value is -2.09. The molecule has 15 heavy (non-hydrogen) atoms. The molecule has 0 unspecified atom stereocenters. The number of aromatic nitrogens is 2. The zero-order chi connectivity index (χ0) is 10.1. The first-order valence-corrected chi connectivity index (χ1v) is 4.92. The first-order valence-electron chi connectivity index (χ1n) is 4.92. The molecule has 0 aliphatic heterocycles. The van der Waals surface area contributed by atoms with Crippen molar-refractivity contribution in [3.8, 4) is 11.1 Å². The molecule has 0 aliphatic carbocycles. The Morgan fingerprint density at radius 3 is 2.60 bits per heavy atom. The predicted octanol–water partition coefficient (Wildman–Crippen LogP) is 3.00. The van der Waals surface area contributed by atoms with Crippen LogP contribution in [0, 0.1) is 0 Å². The summed E-state index contributed by atoms with van der Waals surface area (Å²) < 4.78 is 1.87. The number of fused-ring (bicyclic) bond motifs is 1. The lowest BCUT2D eigenvalue weighted by Gasteiger charge is -2.01. The van der Waals surface area contributed by atoms with E-state index in [9.17, 15) is 0 Å². The van der Waals surface area contributed by atoms with E-state index in [-0.39, 0.29) is 0 Å². The van der Waals surface area contributed by atoms with Gasteiger partial charge in [0, 0.05) is 11.8 Å². The van der Waals surface area contributed by atoms with Crippen LogP contribution in [0.5, 0.6) is 0 Å². The summed E-state index contributed by atoms with van der Waals surface area (Å²) >= 11 is 0. The average molecular weight is 194 g/mol. The highest BCUT2D eigenvalue weighted by atomic mass is 15.2. The van der Waals surface area contributed by atoms with Crippen LogP contribution in [0.3, 0.4) is 0 Å². The van der Waals surface area contributed by atoms with Crippen molar-refractivity contribution < 1.29 is 0 Å². The van der Waals surface area contributed by atoms with E-state index in [4.69, 9.17) is 0 Å². The van der Waals surface area contributed by atoms with E-state index in [2.05, 4.69) is 29.4 Å². The van der Waals surface area contributed by atoms with Crippen LogP contribution in [-0.4, -0.2) is 9.61 Å². The van der Waals surface area contributed by atoms with E-state index in [1.165, 1.54) is 5.56 Å². The van der Waals surface area contributed by atoms with Gasteiger partial charge >= 0.3 is 0 Å². The maximum absolute atomic E-state index is 4.33. The van der Waals surface area contributed by atoms with Gasteiger partial charge in [-0.3, -0.25) is 0 Å². The molecular formula is C13H10N2. The summed E-state index contributed by atoms with van der Waals surface area (Å²) in [5.74, 6) is 0. The van der Waals surface area contributed by atoms with E-state index in [0.717, 1.165) is 11.1 Å². The van der Waals surface area contributed by atoms with Crippen LogP contribution in [0.2, 0.25) is 0 Å². The fourth-order valence-electron chi connectivity index (χ4n) is 1.71. The molecule has 0 bridgehead atoms. The molecule has 0 fully saturated rings. The molecule has 72 valence electrons. The zero-order valence-corrected chi connectivity index (χ0v) is 8.17. The molecule has 0 atom stereocenters. The van der Waals surface area contributed by atoms with Crippen LogP contribution < -0.4 is 0 Å². The smallest absolute Gasteiger partial charge is 0.0652 e. The number of hydrogen-bond donors (Lipinski definition) is 0. The highest BCUT2D eigenvalue weighted by Gasteiger charge is 1.98. The standard InChI is InChI=1S/C13H10N2/c1-2-5-11(6-3-1)12-9-13-7-4-8-15(13)14-10-12/h1-10H. The van der Waals surface area contributed by atoms with Crippen molar-refractivity contribution in [1.29, 1.82) is 0 Å². The number of benzene rings is 1. The van der Waals surface area contributed by atoms with Gasteiger partial charge in [-0.2, -0.15) is 5.10 Å². The van der Waals surface area contributed by atoms with Crippen molar-refractivity contribution in [3.63, 3.8) is 0 Å². The third kappa shape index (κ3) is 1.40. The fourth-order valence-corrected chi connectivity index (χ4v) is 1.71. The SMILES string of the molecule is c1ccc(-c2cnn3cccc3c2)cc1. The predicted molar refractivity (Wildman–Crippen MR) is 60.6 cm³/mol. The Balaban J connectivity index is 2.19. The van der Waals surface area contributed by atoms with Gasteiger partial charge < -0.3 is 0 Å². The second kappa shape index (κ2) is 3.24. The summed E-state index contributed by atoms with van der Waals surface area (Å²) in [4.78, 5) is 0. The highest BCUT2D eigenvalue weighted by molar-refractivity contribution is 5.67. The van der Waals surface area contributed by atoms with Gasteiger partial charge in [0.15, 0.2) is 0 Å². The first kappa shape index (κ1) is 8.24. The lowest BCUT2D eigenvalue weighted by molar-refractivity contribution is 0.943. The summed E-state index contributed by atoms with van der Waals surface area (Å²) in [7, 11) is 0. The molecule has 2 heterocycles. The minimum atomic E-state index is 1.12. The molecule has 2 nitrogen and oxygen atoms in total. The molecular weight excluding hydrogens is 184 g/mol. The lowest BCUT2D eigenvalue weighted by Crippen LogP contribution is -1.89. The fraction of sp³-hybridized carbons (Fsp3) is 0. The minimum Gasteiger partial charge on any atom is -0.241 e. The third-order valence-electron chi connectivity index (χ3n) is 2.49. The molecule has 2 aromatic heterocycles. The molecule has 2 heteroatoms. The second-order valence-electron chi connectivity index (χ2n) is 3.49. The monoisotopic (exact) mass is 194 g/mol. The molecule has 0 saturated carbocycles. The van der Waals surface area contributed by atoms with Crippen LogP contribution in [0.25, 0.3) is 16.6 Å². The molecule has 0 N–H and O–H groups in total. The lowest BCUT2D eigenvalue weighted by atomic mass is 10.1. The van der Waals surface area contributed by atoms with Crippen LogP contribution >= 0.6 is 0 Å². The Morgan fingerprint density at radius 1 is 0.867 bits per heavy atom. The van der Waals surface area contributed by atoms with Gasteiger partial charge in [0.05, 0.1) is 11.7 Å². The van der Waals surface area contributed by atoms with Gasteiger partial charge in [-0.05, 0) is 23.8 Å². The van der Waals surface area contributed by atoms with Crippen molar-refractivity contribution in [2.24, 2.45) is 0 Å².